The van der Waals surface area contributed by atoms with Crippen LogP contribution in [0, 0.1) is 5.82 Å². The van der Waals surface area contributed by atoms with E-state index in [1.807, 2.05) is 0 Å². The maximum Gasteiger partial charge on any atom is 0.347 e. The molecule has 150 valence electrons. The van der Waals surface area contributed by atoms with Gasteiger partial charge in [-0.2, -0.15) is 0 Å². The Balaban J connectivity index is 1.69. The van der Waals surface area contributed by atoms with Crippen LogP contribution in [-0.2, 0) is 4.74 Å². The van der Waals surface area contributed by atoms with Crippen molar-refractivity contribution in [1.29, 1.82) is 0 Å². The van der Waals surface area contributed by atoms with Crippen molar-refractivity contribution in [1.82, 2.24) is 10.6 Å². The van der Waals surface area contributed by atoms with Crippen LogP contribution in [-0.4, -0.2) is 80.6 Å². The lowest BCUT2D eigenvalue weighted by Gasteiger charge is -2.40. The third-order valence-corrected chi connectivity index (χ3v) is 5.42. The van der Waals surface area contributed by atoms with E-state index < -0.39 is 41.4 Å². The molecule has 10 N–H and O–H groups in total. The van der Waals surface area contributed by atoms with Gasteiger partial charge in [-0.15, -0.1) is 0 Å². The van der Waals surface area contributed by atoms with Crippen LogP contribution in [0.5, 0.6) is 0 Å². The highest BCUT2D eigenvalue weighted by Crippen LogP contribution is 2.39. The molecule has 0 aromatic heterocycles. The average molecular weight is 396 g/mol. The summed E-state index contributed by atoms with van der Waals surface area (Å²) >= 11 is 0. The first-order chi connectivity index (χ1) is 13.2. The summed E-state index contributed by atoms with van der Waals surface area (Å²) in [6.07, 6.45) is -1.43. The van der Waals surface area contributed by atoms with Crippen LogP contribution in [0.3, 0.4) is 0 Å². The van der Waals surface area contributed by atoms with E-state index in [2.05, 4.69) is 15.6 Å². The van der Waals surface area contributed by atoms with E-state index in [9.17, 15) is 24.5 Å². The Kier molecular flexibility index (Phi) is 3.96. The van der Waals surface area contributed by atoms with Crippen molar-refractivity contribution in [2.75, 3.05) is 13.2 Å². The van der Waals surface area contributed by atoms with Crippen LogP contribution in [0.25, 0.3) is 0 Å². The number of esters is 1. The Hall–Kier alpha value is -2.96. The zero-order chi connectivity index (χ0) is 20.3. The molecule has 11 nitrogen and oxygen atoms in total. The summed E-state index contributed by atoms with van der Waals surface area (Å²) in [4.78, 5) is 15.3. The van der Waals surface area contributed by atoms with Crippen molar-refractivity contribution in [2.45, 2.75) is 29.6 Å². The zero-order valence-electron chi connectivity index (χ0n) is 14.6. The number of carbonyl (C=O) groups is 1. The number of ether oxygens (including phenoxy) is 1. The van der Waals surface area contributed by atoms with Crippen molar-refractivity contribution in [3.8, 4) is 0 Å². The first-order valence-corrected chi connectivity index (χ1v) is 8.56. The van der Waals surface area contributed by atoms with Crippen molar-refractivity contribution < 1.29 is 38.8 Å². The number of nitrogens with zero attached hydrogens (tertiary/aromatic N) is 1. The number of aliphatic hydroxyl groups is 3. The molecule has 12 heteroatoms. The van der Waals surface area contributed by atoms with Gasteiger partial charge in [-0.1, -0.05) is 0 Å². The van der Waals surface area contributed by atoms with Crippen LogP contribution in [0.15, 0.2) is 24.3 Å². The topological polar surface area (TPSA) is 180 Å². The van der Waals surface area contributed by atoms with Crippen LogP contribution < -0.4 is 27.1 Å². The number of aliphatic hydroxyl groups excluding tert-OH is 1. The van der Waals surface area contributed by atoms with Crippen LogP contribution in [0.2, 0.25) is 0 Å². The minimum Gasteiger partial charge on any atom is -0.449 e. The Labute approximate surface area is 158 Å². The van der Waals surface area contributed by atoms with Gasteiger partial charge in [-0.05, 0) is 24.3 Å². The molecule has 3 aliphatic rings. The SMILES string of the molecule is NC1=[NH+][C@H]2[C@H](CO)NC(N)=[N+]3C[C@H](OC(=O)c4ccc(F)cc4)C(O)(O)[C@]23N1. The van der Waals surface area contributed by atoms with Gasteiger partial charge in [0.25, 0.3) is 5.79 Å². The Morgan fingerprint density at radius 1 is 1.36 bits per heavy atom. The van der Waals surface area contributed by atoms with Crippen LogP contribution in [0.1, 0.15) is 10.4 Å². The zero-order valence-corrected chi connectivity index (χ0v) is 14.6. The Morgan fingerprint density at radius 3 is 2.68 bits per heavy atom. The van der Waals surface area contributed by atoms with Gasteiger partial charge in [-0.25, -0.2) is 19.1 Å². The molecule has 1 saturated heterocycles. The van der Waals surface area contributed by atoms with E-state index in [0.29, 0.717) is 0 Å². The number of halogens is 1. The molecular weight excluding hydrogens is 375 g/mol. The standard InChI is InChI=1S/C16H19FN6O5/c17-8-3-1-7(2-4-8)12(25)28-10-5-23-14(19)20-9(6-24)11-15(23,16(10,26)27)22-13(18)21-11/h1-4,9-11,24,26-27H,5-6H2,(H5,18,19,20,21,22)/p+2/t9-,10-,11-,15-/m0/s1. The van der Waals surface area contributed by atoms with Gasteiger partial charge in [0.2, 0.25) is 0 Å². The summed E-state index contributed by atoms with van der Waals surface area (Å²) < 4.78 is 19.8. The average Bonchev–Trinajstić information content (AvgIpc) is 3.11. The summed E-state index contributed by atoms with van der Waals surface area (Å²) in [7, 11) is 0. The molecule has 0 radical (unpaired) electrons. The lowest BCUT2D eigenvalue weighted by molar-refractivity contribution is -0.674. The monoisotopic (exact) mass is 396 g/mol. The fourth-order valence-electron chi connectivity index (χ4n) is 4.11. The largest absolute Gasteiger partial charge is 0.449 e. The normalized spacial score (nSPS) is 32.7. The molecule has 4 atom stereocenters. The number of benzene rings is 1. The highest BCUT2D eigenvalue weighted by molar-refractivity contribution is 5.89. The molecule has 1 aromatic rings. The minimum atomic E-state index is -2.64. The van der Waals surface area contributed by atoms with E-state index in [1.165, 1.54) is 16.7 Å². The number of rotatable bonds is 3. The van der Waals surface area contributed by atoms with Gasteiger partial charge in [0, 0.05) is 0 Å². The Bertz CT molecular complexity index is 888. The molecule has 1 aromatic carbocycles. The number of hydrogen-bond donors (Lipinski definition) is 8. The van der Waals surface area contributed by atoms with E-state index in [4.69, 9.17) is 16.2 Å². The molecule has 3 aliphatic heterocycles. The first kappa shape index (κ1) is 18.4. The quantitative estimate of drug-likeness (QED) is 0.140. The molecule has 0 bridgehead atoms. The van der Waals surface area contributed by atoms with Gasteiger partial charge >= 0.3 is 23.6 Å². The van der Waals surface area contributed by atoms with E-state index in [1.54, 1.807) is 0 Å². The summed E-state index contributed by atoms with van der Waals surface area (Å²) in [5, 5.41) is 37.4. The van der Waals surface area contributed by atoms with Gasteiger partial charge in [0.05, 0.1) is 12.2 Å². The van der Waals surface area contributed by atoms with E-state index in [0.717, 1.165) is 12.1 Å². The predicted molar refractivity (Wildman–Crippen MR) is 90.9 cm³/mol. The first-order valence-electron chi connectivity index (χ1n) is 8.56. The smallest absolute Gasteiger partial charge is 0.347 e. The fourth-order valence-corrected chi connectivity index (χ4v) is 4.11. The van der Waals surface area contributed by atoms with Crippen molar-refractivity contribution in [2.24, 2.45) is 11.5 Å². The lowest BCUT2D eigenvalue weighted by Crippen LogP contribution is -2.91. The van der Waals surface area contributed by atoms with Crippen molar-refractivity contribution in [3.63, 3.8) is 0 Å². The highest BCUT2D eigenvalue weighted by Gasteiger charge is 2.78. The van der Waals surface area contributed by atoms with Crippen LogP contribution in [0.4, 0.5) is 4.39 Å². The molecule has 0 aliphatic carbocycles. The van der Waals surface area contributed by atoms with Gasteiger partial charge in [0.1, 0.15) is 18.4 Å². The second-order valence-corrected chi connectivity index (χ2v) is 6.98. The number of hydrogen-bond acceptors (Lipinski definition) is 9. The summed E-state index contributed by atoms with van der Waals surface area (Å²) in [6, 6.07) is 3.12. The van der Waals surface area contributed by atoms with Gasteiger partial charge in [-0.3, -0.25) is 21.8 Å². The molecule has 1 spiro atoms. The lowest BCUT2D eigenvalue weighted by atomic mass is 9.86. The third kappa shape index (κ3) is 2.35. The summed E-state index contributed by atoms with van der Waals surface area (Å²) in [5.41, 5.74) is 10.2. The van der Waals surface area contributed by atoms with Crippen molar-refractivity contribution >= 4 is 17.9 Å². The molecule has 3 heterocycles. The number of nitrogens with two attached hydrogens (primary N) is 2. The van der Waals surface area contributed by atoms with Crippen LogP contribution >= 0.6 is 0 Å². The number of guanidine groups is 2. The fraction of sp³-hybridized carbons (Fsp3) is 0.438. The van der Waals surface area contributed by atoms with Gasteiger partial charge in [0.15, 0.2) is 12.1 Å². The van der Waals surface area contributed by atoms with E-state index >= 15 is 0 Å². The Morgan fingerprint density at radius 2 is 2.04 bits per heavy atom. The van der Waals surface area contributed by atoms with Crippen molar-refractivity contribution in [3.05, 3.63) is 35.6 Å². The minimum absolute atomic E-state index is 0.0444. The third-order valence-electron chi connectivity index (χ3n) is 5.42. The molecule has 1 fully saturated rings. The maximum atomic E-state index is 13.1. The van der Waals surface area contributed by atoms with Gasteiger partial charge < -0.3 is 20.1 Å². The molecule has 0 amide bonds. The molecule has 0 unspecified atom stereocenters. The maximum absolute atomic E-state index is 13.1. The number of nitrogens with one attached hydrogen (secondary N) is 3. The summed E-state index contributed by atoms with van der Waals surface area (Å²) in [5.74, 6) is -3.93. The highest BCUT2D eigenvalue weighted by atomic mass is 19.1. The second-order valence-electron chi connectivity index (χ2n) is 6.98. The number of carbonyl (C=O) groups excluding carboxylic acids is 1. The molecule has 0 saturated carbocycles. The van der Waals surface area contributed by atoms with E-state index in [-0.39, 0.29) is 30.6 Å². The molecular formula is C16H21FN6O5+2. The molecule has 28 heavy (non-hydrogen) atoms. The molecule has 4 rings (SSSR count). The summed E-state index contributed by atoms with van der Waals surface area (Å²) in [6.45, 7) is -0.547. The predicted octanol–water partition coefficient (Wildman–Crippen LogP) is -5.60. The second kappa shape index (κ2) is 6.02.